The molecular weight excluding hydrogens is 271 g/mol. The maximum absolute atomic E-state index is 13.2. The number of anilines is 1. The molecule has 1 aromatic carbocycles. The summed E-state index contributed by atoms with van der Waals surface area (Å²) in [5, 5.41) is 2.70. The molecule has 2 N–H and O–H groups in total. The first-order valence-corrected chi connectivity index (χ1v) is 7.63. The van der Waals surface area contributed by atoms with E-state index < -0.39 is 21.1 Å². The van der Waals surface area contributed by atoms with E-state index >= 15 is 0 Å². The highest BCUT2D eigenvalue weighted by Crippen LogP contribution is 2.24. The highest BCUT2D eigenvalue weighted by molar-refractivity contribution is 7.93. The Kier molecular flexibility index (Phi) is 4.26. The molecule has 7 heteroatoms. The standard InChI is InChI=1S/C12H17FN2O3S/c1-18-12-8-9(2-3-11(12)13)15-19(16,17)10-4-6-14-7-5-10/h2-3,8,10,14-15H,4-7H2,1H3. The molecule has 0 saturated carbocycles. The number of nitrogens with one attached hydrogen (secondary N) is 2. The number of sulfonamides is 1. The predicted octanol–water partition coefficient (Wildman–Crippen LogP) is 1.33. The van der Waals surface area contributed by atoms with Crippen LogP contribution >= 0.6 is 0 Å². The monoisotopic (exact) mass is 288 g/mol. The van der Waals surface area contributed by atoms with E-state index in [2.05, 4.69) is 10.0 Å². The molecular formula is C12H17FN2O3S. The third kappa shape index (κ3) is 3.36. The maximum Gasteiger partial charge on any atom is 0.235 e. The van der Waals surface area contributed by atoms with E-state index in [0.29, 0.717) is 31.6 Å². The first kappa shape index (κ1) is 14.1. The van der Waals surface area contributed by atoms with Crippen molar-refractivity contribution in [2.75, 3.05) is 24.9 Å². The highest BCUT2D eigenvalue weighted by atomic mass is 32.2. The molecule has 1 aliphatic rings. The second-order valence-corrected chi connectivity index (χ2v) is 6.41. The van der Waals surface area contributed by atoms with Crippen LogP contribution in [0, 0.1) is 5.82 Å². The largest absolute Gasteiger partial charge is 0.494 e. The van der Waals surface area contributed by atoms with Gasteiger partial charge in [0.25, 0.3) is 0 Å². The predicted molar refractivity (Wildman–Crippen MR) is 71.4 cm³/mol. The maximum atomic E-state index is 13.2. The van der Waals surface area contributed by atoms with Gasteiger partial charge in [-0.2, -0.15) is 0 Å². The van der Waals surface area contributed by atoms with Crippen molar-refractivity contribution in [1.29, 1.82) is 0 Å². The fourth-order valence-corrected chi connectivity index (χ4v) is 3.56. The molecule has 1 heterocycles. The highest BCUT2D eigenvalue weighted by Gasteiger charge is 2.27. The second kappa shape index (κ2) is 5.75. The summed E-state index contributed by atoms with van der Waals surface area (Å²) in [6.45, 7) is 1.39. The van der Waals surface area contributed by atoms with E-state index in [0.717, 1.165) is 0 Å². The molecule has 1 aliphatic heterocycles. The third-order valence-corrected chi connectivity index (χ3v) is 5.01. The summed E-state index contributed by atoms with van der Waals surface area (Å²) in [5.41, 5.74) is 0.316. The van der Waals surface area contributed by atoms with E-state index in [1.54, 1.807) is 0 Å². The molecule has 106 valence electrons. The number of benzene rings is 1. The van der Waals surface area contributed by atoms with Crippen molar-refractivity contribution in [1.82, 2.24) is 5.32 Å². The van der Waals surface area contributed by atoms with Gasteiger partial charge in [-0.25, -0.2) is 12.8 Å². The second-order valence-electron chi connectivity index (χ2n) is 4.45. The van der Waals surface area contributed by atoms with Gasteiger partial charge in [-0.1, -0.05) is 0 Å². The van der Waals surface area contributed by atoms with Gasteiger partial charge in [0.15, 0.2) is 11.6 Å². The lowest BCUT2D eigenvalue weighted by atomic mass is 10.2. The Morgan fingerprint density at radius 2 is 2.05 bits per heavy atom. The van der Waals surface area contributed by atoms with Gasteiger partial charge in [0.05, 0.1) is 18.0 Å². The molecule has 0 amide bonds. The van der Waals surface area contributed by atoms with Crippen LogP contribution in [0.25, 0.3) is 0 Å². The average Bonchev–Trinajstić information content (AvgIpc) is 2.42. The van der Waals surface area contributed by atoms with Crippen LogP contribution in [0.4, 0.5) is 10.1 Å². The summed E-state index contributed by atoms with van der Waals surface area (Å²) >= 11 is 0. The summed E-state index contributed by atoms with van der Waals surface area (Å²) in [6.07, 6.45) is 1.15. The first-order valence-electron chi connectivity index (χ1n) is 6.09. The van der Waals surface area contributed by atoms with Crippen molar-refractivity contribution >= 4 is 15.7 Å². The van der Waals surface area contributed by atoms with E-state index in [-0.39, 0.29) is 5.75 Å². The van der Waals surface area contributed by atoms with Crippen LogP contribution in [-0.2, 0) is 10.0 Å². The Morgan fingerprint density at radius 1 is 1.37 bits per heavy atom. The number of hydrogen-bond acceptors (Lipinski definition) is 4. The van der Waals surface area contributed by atoms with Crippen molar-refractivity contribution < 1.29 is 17.5 Å². The van der Waals surface area contributed by atoms with Crippen LogP contribution < -0.4 is 14.8 Å². The zero-order chi connectivity index (χ0) is 13.9. The van der Waals surface area contributed by atoms with Gasteiger partial charge in [-0.3, -0.25) is 4.72 Å². The van der Waals surface area contributed by atoms with Gasteiger partial charge in [-0.05, 0) is 38.1 Å². The van der Waals surface area contributed by atoms with Crippen molar-refractivity contribution in [2.24, 2.45) is 0 Å². The quantitative estimate of drug-likeness (QED) is 0.877. The molecule has 0 spiro atoms. The Hall–Kier alpha value is -1.34. The SMILES string of the molecule is COc1cc(NS(=O)(=O)C2CCNCC2)ccc1F. The van der Waals surface area contributed by atoms with Crippen LogP contribution in [0.3, 0.4) is 0 Å². The van der Waals surface area contributed by atoms with Crippen molar-refractivity contribution in [2.45, 2.75) is 18.1 Å². The number of hydrogen-bond donors (Lipinski definition) is 2. The van der Waals surface area contributed by atoms with E-state index in [9.17, 15) is 12.8 Å². The van der Waals surface area contributed by atoms with Gasteiger partial charge in [0, 0.05) is 6.07 Å². The fraction of sp³-hybridized carbons (Fsp3) is 0.500. The van der Waals surface area contributed by atoms with Crippen LogP contribution in [0.1, 0.15) is 12.8 Å². The Bertz CT molecular complexity index is 542. The molecule has 0 bridgehead atoms. The van der Waals surface area contributed by atoms with Crippen LogP contribution in [0.5, 0.6) is 5.75 Å². The van der Waals surface area contributed by atoms with Gasteiger partial charge in [-0.15, -0.1) is 0 Å². The van der Waals surface area contributed by atoms with Crippen molar-refractivity contribution in [3.8, 4) is 5.75 Å². The zero-order valence-electron chi connectivity index (χ0n) is 10.6. The summed E-state index contributed by atoms with van der Waals surface area (Å²) in [5.74, 6) is -0.502. The summed E-state index contributed by atoms with van der Waals surface area (Å²) < 4.78 is 44.9. The van der Waals surface area contributed by atoms with Gasteiger partial charge >= 0.3 is 0 Å². The molecule has 0 unspecified atom stereocenters. The van der Waals surface area contributed by atoms with Crippen molar-refractivity contribution in [3.63, 3.8) is 0 Å². The van der Waals surface area contributed by atoms with E-state index in [4.69, 9.17) is 4.74 Å². The molecule has 2 rings (SSSR count). The Morgan fingerprint density at radius 3 is 2.68 bits per heavy atom. The number of ether oxygens (including phenoxy) is 1. The minimum atomic E-state index is -3.44. The molecule has 1 fully saturated rings. The molecule has 0 radical (unpaired) electrons. The van der Waals surface area contributed by atoms with Gasteiger partial charge in [0.1, 0.15) is 0 Å². The number of piperidine rings is 1. The molecule has 0 aliphatic carbocycles. The molecule has 0 atom stereocenters. The lowest BCUT2D eigenvalue weighted by Crippen LogP contribution is -2.38. The Labute approximate surface area is 112 Å². The van der Waals surface area contributed by atoms with Gasteiger partial charge in [0.2, 0.25) is 10.0 Å². The van der Waals surface area contributed by atoms with Crippen LogP contribution in [0.15, 0.2) is 18.2 Å². The topological polar surface area (TPSA) is 67.4 Å². The molecule has 5 nitrogen and oxygen atoms in total. The third-order valence-electron chi connectivity index (χ3n) is 3.14. The summed E-state index contributed by atoms with van der Waals surface area (Å²) in [4.78, 5) is 0. The number of methoxy groups -OCH3 is 1. The summed E-state index contributed by atoms with van der Waals surface area (Å²) in [6, 6.07) is 3.91. The average molecular weight is 288 g/mol. The summed E-state index contributed by atoms with van der Waals surface area (Å²) in [7, 11) is -2.11. The fourth-order valence-electron chi connectivity index (χ4n) is 2.08. The molecule has 1 aromatic rings. The molecule has 19 heavy (non-hydrogen) atoms. The lowest BCUT2D eigenvalue weighted by Gasteiger charge is -2.23. The first-order chi connectivity index (χ1) is 9.03. The van der Waals surface area contributed by atoms with Crippen LogP contribution in [0.2, 0.25) is 0 Å². The minimum Gasteiger partial charge on any atom is -0.494 e. The van der Waals surface area contributed by atoms with E-state index in [1.165, 1.54) is 25.3 Å². The van der Waals surface area contributed by atoms with E-state index in [1.807, 2.05) is 0 Å². The number of halogens is 1. The van der Waals surface area contributed by atoms with Gasteiger partial charge < -0.3 is 10.1 Å². The smallest absolute Gasteiger partial charge is 0.235 e. The molecule has 0 aromatic heterocycles. The Balaban J connectivity index is 2.15. The lowest BCUT2D eigenvalue weighted by molar-refractivity contribution is 0.387. The molecule has 1 saturated heterocycles. The normalized spacial score (nSPS) is 17.2. The number of rotatable bonds is 4. The van der Waals surface area contributed by atoms with Crippen molar-refractivity contribution in [3.05, 3.63) is 24.0 Å². The minimum absolute atomic E-state index is 0.0190. The zero-order valence-corrected chi connectivity index (χ0v) is 11.5. The van der Waals surface area contributed by atoms with Crippen LogP contribution in [-0.4, -0.2) is 33.9 Å².